The maximum Gasteiger partial charge on any atom is 0.253 e. The molecule has 0 aliphatic carbocycles. The van der Waals surface area contributed by atoms with E-state index in [9.17, 15) is 38.4 Å². The molecule has 200 valence electrons. The first-order valence-electron chi connectivity index (χ1n) is 11.8. The monoisotopic (exact) mass is 518 g/mol. The zero-order valence-electron chi connectivity index (χ0n) is 20.2. The first-order valence-corrected chi connectivity index (χ1v) is 11.8. The zero-order valence-corrected chi connectivity index (χ0v) is 20.2. The first kappa shape index (κ1) is 28.9. The standard InChI is InChI=1S/C23H30N6O8/c30-16(24-10-12-26-18(32)8-14-28-20(34)4-5-21(28)35)2-1-3-17(31)25-11-13-27-19(33)9-15-29-22(36)6-7-23(29)37/h4-7H,1-3,8-15H2,(H,24,30)(H,25,31)(H,26,32)(H,27,33). The van der Waals surface area contributed by atoms with E-state index in [1.165, 1.54) is 0 Å². The van der Waals surface area contributed by atoms with Gasteiger partial charge in [0.05, 0.1) is 0 Å². The van der Waals surface area contributed by atoms with Crippen molar-refractivity contribution in [3.63, 3.8) is 0 Å². The van der Waals surface area contributed by atoms with E-state index in [0.29, 0.717) is 6.42 Å². The van der Waals surface area contributed by atoms with Gasteiger partial charge in [0.2, 0.25) is 23.6 Å². The van der Waals surface area contributed by atoms with Gasteiger partial charge in [-0.05, 0) is 6.42 Å². The van der Waals surface area contributed by atoms with Crippen molar-refractivity contribution >= 4 is 47.3 Å². The summed E-state index contributed by atoms with van der Waals surface area (Å²) in [5, 5.41) is 10.4. The van der Waals surface area contributed by atoms with Crippen LogP contribution in [0.1, 0.15) is 32.1 Å². The number of carbonyl (C=O) groups is 8. The van der Waals surface area contributed by atoms with Crippen LogP contribution in [0, 0.1) is 0 Å². The molecule has 0 aromatic carbocycles. The second-order valence-corrected chi connectivity index (χ2v) is 8.08. The number of imide groups is 2. The predicted octanol–water partition coefficient (Wildman–Crippen LogP) is -2.75. The van der Waals surface area contributed by atoms with Gasteiger partial charge in [-0.1, -0.05) is 0 Å². The first-order chi connectivity index (χ1) is 17.7. The molecule has 0 aromatic heterocycles. The second-order valence-electron chi connectivity index (χ2n) is 8.08. The summed E-state index contributed by atoms with van der Waals surface area (Å²) in [6.45, 7) is 0.708. The Morgan fingerprint density at radius 2 is 0.757 bits per heavy atom. The van der Waals surface area contributed by atoms with Crippen LogP contribution in [-0.2, 0) is 38.4 Å². The van der Waals surface area contributed by atoms with Crippen LogP contribution in [0.25, 0.3) is 0 Å². The van der Waals surface area contributed by atoms with Crippen molar-refractivity contribution in [3.8, 4) is 0 Å². The molecule has 0 radical (unpaired) electrons. The van der Waals surface area contributed by atoms with Crippen LogP contribution in [0.15, 0.2) is 24.3 Å². The van der Waals surface area contributed by atoms with Gasteiger partial charge in [0.25, 0.3) is 23.6 Å². The zero-order chi connectivity index (χ0) is 27.2. The van der Waals surface area contributed by atoms with E-state index < -0.39 is 23.6 Å². The van der Waals surface area contributed by atoms with Crippen molar-refractivity contribution in [1.82, 2.24) is 31.1 Å². The van der Waals surface area contributed by atoms with E-state index >= 15 is 0 Å². The molecule has 0 bridgehead atoms. The van der Waals surface area contributed by atoms with Gasteiger partial charge in [0.1, 0.15) is 0 Å². The third-order valence-corrected chi connectivity index (χ3v) is 5.27. The molecule has 8 amide bonds. The topological polar surface area (TPSA) is 191 Å². The van der Waals surface area contributed by atoms with Crippen molar-refractivity contribution < 1.29 is 38.4 Å². The average Bonchev–Trinajstić information content (AvgIpc) is 3.36. The van der Waals surface area contributed by atoms with Crippen LogP contribution in [-0.4, -0.2) is 96.3 Å². The Morgan fingerprint density at radius 1 is 0.486 bits per heavy atom. The van der Waals surface area contributed by atoms with E-state index in [1.807, 2.05) is 0 Å². The van der Waals surface area contributed by atoms with Crippen LogP contribution in [0.3, 0.4) is 0 Å². The number of rotatable bonds is 16. The Kier molecular flexibility index (Phi) is 11.6. The Balaban J connectivity index is 1.41. The largest absolute Gasteiger partial charge is 0.354 e. The number of nitrogens with one attached hydrogen (secondary N) is 4. The highest BCUT2D eigenvalue weighted by atomic mass is 16.2. The molecule has 2 aliphatic rings. The highest BCUT2D eigenvalue weighted by Gasteiger charge is 2.24. The predicted molar refractivity (Wildman–Crippen MR) is 127 cm³/mol. The summed E-state index contributed by atoms with van der Waals surface area (Å²) in [5.74, 6) is -3.08. The molecule has 0 atom stereocenters. The van der Waals surface area contributed by atoms with Crippen LogP contribution in [0.4, 0.5) is 0 Å². The number of hydrogen-bond acceptors (Lipinski definition) is 8. The third kappa shape index (κ3) is 10.4. The van der Waals surface area contributed by atoms with Gasteiger partial charge in [0, 0.05) is 89.3 Å². The minimum Gasteiger partial charge on any atom is -0.354 e. The van der Waals surface area contributed by atoms with Crippen LogP contribution in [0.2, 0.25) is 0 Å². The molecule has 2 aliphatic heterocycles. The van der Waals surface area contributed by atoms with Crippen LogP contribution < -0.4 is 21.3 Å². The van der Waals surface area contributed by atoms with Crippen molar-refractivity contribution in [2.24, 2.45) is 0 Å². The number of nitrogens with zero attached hydrogens (tertiary/aromatic N) is 2. The normalized spacial score (nSPS) is 14.4. The van der Waals surface area contributed by atoms with Gasteiger partial charge in [-0.15, -0.1) is 0 Å². The minimum atomic E-state index is -0.453. The van der Waals surface area contributed by atoms with E-state index in [0.717, 1.165) is 34.1 Å². The SMILES string of the molecule is O=C(CCCC(=O)NCCNC(=O)CCN1C(=O)C=CC1=O)NCCNC(=O)CCN1C(=O)C=CC1=O. The number of hydrogen-bond donors (Lipinski definition) is 4. The van der Waals surface area contributed by atoms with Crippen molar-refractivity contribution in [3.05, 3.63) is 24.3 Å². The van der Waals surface area contributed by atoms with Crippen LogP contribution >= 0.6 is 0 Å². The molecule has 2 heterocycles. The summed E-state index contributed by atoms with van der Waals surface area (Å²) in [5.41, 5.74) is 0. The Hall–Kier alpha value is -4.36. The molecule has 0 aromatic rings. The molecule has 0 spiro atoms. The highest BCUT2D eigenvalue weighted by molar-refractivity contribution is 6.13. The molecule has 37 heavy (non-hydrogen) atoms. The smallest absolute Gasteiger partial charge is 0.253 e. The fourth-order valence-corrected chi connectivity index (χ4v) is 3.30. The molecule has 0 saturated carbocycles. The summed E-state index contributed by atoms with van der Waals surface area (Å²) in [7, 11) is 0. The van der Waals surface area contributed by atoms with Gasteiger partial charge < -0.3 is 21.3 Å². The van der Waals surface area contributed by atoms with Gasteiger partial charge in [-0.25, -0.2) is 0 Å². The maximum absolute atomic E-state index is 11.8. The summed E-state index contributed by atoms with van der Waals surface area (Å²) < 4.78 is 0. The van der Waals surface area contributed by atoms with Crippen molar-refractivity contribution in [1.29, 1.82) is 0 Å². The summed E-state index contributed by atoms with van der Waals surface area (Å²) in [4.78, 5) is 94.8. The highest BCUT2D eigenvalue weighted by Crippen LogP contribution is 2.04. The fourth-order valence-electron chi connectivity index (χ4n) is 3.30. The van der Waals surface area contributed by atoms with E-state index in [-0.39, 0.29) is 88.6 Å². The average molecular weight is 519 g/mol. The van der Waals surface area contributed by atoms with E-state index in [1.54, 1.807) is 0 Å². The molecule has 14 nitrogen and oxygen atoms in total. The lowest BCUT2D eigenvalue weighted by atomic mass is 10.2. The Bertz CT molecular complexity index is 891. The lowest BCUT2D eigenvalue weighted by molar-refractivity contribution is -0.139. The van der Waals surface area contributed by atoms with Gasteiger partial charge in [-0.3, -0.25) is 48.2 Å². The maximum atomic E-state index is 11.8. The molecule has 14 heteroatoms. The molecule has 0 fully saturated rings. The number of carbonyl (C=O) groups excluding carboxylic acids is 8. The second kappa shape index (κ2) is 14.9. The summed E-state index contributed by atoms with van der Waals surface area (Å²) >= 11 is 0. The van der Waals surface area contributed by atoms with E-state index in [4.69, 9.17) is 0 Å². The molecular formula is C23H30N6O8. The van der Waals surface area contributed by atoms with Crippen molar-refractivity contribution in [2.75, 3.05) is 39.3 Å². The molecule has 2 rings (SSSR count). The third-order valence-electron chi connectivity index (χ3n) is 5.27. The molecule has 4 N–H and O–H groups in total. The van der Waals surface area contributed by atoms with E-state index in [2.05, 4.69) is 21.3 Å². The Morgan fingerprint density at radius 3 is 1.05 bits per heavy atom. The summed E-state index contributed by atoms with van der Waals surface area (Å²) in [6, 6.07) is 0. The molecular weight excluding hydrogens is 488 g/mol. The summed E-state index contributed by atoms with van der Waals surface area (Å²) in [6.07, 6.45) is 5.06. The molecule has 0 saturated heterocycles. The van der Waals surface area contributed by atoms with Gasteiger partial charge in [0.15, 0.2) is 0 Å². The fraction of sp³-hybridized carbons (Fsp3) is 0.478. The number of amides is 8. The van der Waals surface area contributed by atoms with Crippen LogP contribution in [0.5, 0.6) is 0 Å². The quantitative estimate of drug-likeness (QED) is 0.125. The Labute approximate surface area is 212 Å². The lowest BCUT2D eigenvalue weighted by Gasteiger charge is -2.13. The van der Waals surface area contributed by atoms with Gasteiger partial charge in [-0.2, -0.15) is 0 Å². The lowest BCUT2D eigenvalue weighted by Crippen LogP contribution is -2.38. The molecule has 0 unspecified atom stereocenters. The van der Waals surface area contributed by atoms with Crippen molar-refractivity contribution in [2.45, 2.75) is 32.1 Å². The minimum absolute atomic E-state index is 0.0156. The van der Waals surface area contributed by atoms with Gasteiger partial charge >= 0.3 is 0 Å².